The Morgan fingerprint density at radius 1 is 1.23 bits per heavy atom. The van der Waals surface area contributed by atoms with Crippen LogP contribution in [0.3, 0.4) is 0 Å². The van der Waals surface area contributed by atoms with Gasteiger partial charge >= 0.3 is 6.18 Å². The summed E-state index contributed by atoms with van der Waals surface area (Å²) in [6.07, 6.45) is -5.21. The number of hydrogen-bond acceptors (Lipinski definition) is 4. The number of aromatic nitrogens is 2. The normalized spacial score (nSPS) is 12.0. The highest BCUT2D eigenvalue weighted by Crippen LogP contribution is 2.20. The lowest BCUT2D eigenvalue weighted by Crippen LogP contribution is -2.11. The van der Waals surface area contributed by atoms with Gasteiger partial charge in [-0.1, -0.05) is 0 Å². The highest BCUT2D eigenvalue weighted by Gasteiger charge is 2.30. The molecule has 1 aromatic rings. The lowest BCUT2D eigenvalue weighted by Gasteiger charge is -2.00. The summed E-state index contributed by atoms with van der Waals surface area (Å²) in [6, 6.07) is 0. The average molecular weight is 195 g/mol. The van der Waals surface area contributed by atoms with Crippen molar-refractivity contribution < 1.29 is 17.6 Å². The largest absolute Gasteiger partial charge is 0.425 e. The van der Waals surface area contributed by atoms with E-state index >= 15 is 0 Å². The van der Waals surface area contributed by atoms with E-state index < -0.39 is 18.5 Å². The van der Waals surface area contributed by atoms with Crippen molar-refractivity contribution in [3.05, 3.63) is 11.8 Å². The van der Waals surface area contributed by atoms with Crippen LogP contribution < -0.4 is 5.73 Å². The standard InChI is InChI=1S/C6H8F3N3O/c7-6(8,9)3-5-12-11-4(13-5)1-2-10/h1-3,10H2. The molecule has 1 heterocycles. The highest BCUT2D eigenvalue weighted by molar-refractivity contribution is 4.84. The van der Waals surface area contributed by atoms with E-state index in [0.717, 1.165) is 0 Å². The highest BCUT2D eigenvalue weighted by atomic mass is 19.4. The molecule has 0 spiro atoms. The third-order valence-electron chi connectivity index (χ3n) is 1.22. The monoisotopic (exact) mass is 195 g/mol. The molecular weight excluding hydrogens is 187 g/mol. The quantitative estimate of drug-likeness (QED) is 0.770. The predicted octanol–water partition coefficient (Wildman–Crippen LogP) is 0.676. The van der Waals surface area contributed by atoms with E-state index in [9.17, 15) is 13.2 Å². The molecule has 7 heteroatoms. The number of alkyl halides is 3. The predicted molar refractivity (Wildman–Crippen MR) is 36.8 cm³/mol. The molecule has 0 bridgehead atoms. The fraction of sp³-hybridized carbons (Fsp3) is 0.667. The van der Waals surface area contributed by atoms with E-state index in [0.29, 0.717) is 6.42 Å². The smallest absolute Gasteiger partial charge is 0.397 e. The first-order valence-corrected chi connectivity index (χ1v) is 3.59. The Labute approximate surface area is 71.9 Å². The van der Waals surface area contributed by atoms with Crippen LogP contribution in [0.4, 0.5) is 13.2 Å². The van der Waals surface area contributed by atoms with Gasteiger partial charge in [-0.15, -0.1) is 10.2 Å². The molecule has 0 radical (unpaired) electrons. The van der Waals surface area contributed by atoms with Crippen molar-refractivity contribution in [3.63, 3.8) is 0 Å². The molecule has 0 atom stereocenters. The van der Waals surface area contributed by atoms with Crippen LogP contribution in [0, 0.1) is 0 Å². The van der Waals surface area contributed by atoms with E-state index in [2.05, 4.69) is 14.6 Å². The van der Waals surface area contributed by atoms with E-state index in [1.165, 1.54) is 0 Å². The third-order valence-corrected chi connectivity index (χ3v) is 1.22. The van der Waals surface area contributed by atoms with E-state index in [1.54, 1.807) is 0 Å². The molecular formula is C6H8F3N3O. The summed E-state index contributed by atoms with van der Waals surface area (Å²) in [5, 5.41) is 6.62. The van der Waals surface area contributed by atoms with Gasteiger partial charge in [-0.25, -0.2) is 0 Å². The van der Waals surface area contributed by atoms with Crippen molar-refractivity contribution in [1.82, 2.24) is 10.2 Å². The van der Waals surface area contributed by atoms with E-state index in [-0.39, 0.29) is 12.4 Å². The van der Waals surface area contributed by atoms with Crippen LogP contribution >= 0.6 is 0 Å². The zero-order valence-electron chi connectivity index (χ0n) is 6.64. The molecule has 0 fully saturated rings. The van der Waals surface area contributed by atoms with Gasteiger partial charge in [-0.2, -0.15) is 13.2 Å². The summed E-state index contributed by atoms with van der Waals surface area (Å²) < 4.78 is 40.0. The molecule has 1 rings (SSSR count). The molecule has 2 N–H and O–H groups in total. The van der Waals surface area contributed by atoms with Crippen molar-refractivity contribution >= 4 is 0 Å². The van der Waals surface area contributed by atoms with Crippen LogP contribution in [0.15, 0.2) is 4.42 Å². The molecule has 4 nitrogen and oxygen atoms in total. The Bertz CT molecular complexity index is 270. The second-order valence-corrected chi connectivity index (χ2v) is 2.42. The first-order chi connectivity index (χ1) is 6.01. The molecule has 0 unspecified atom stereocenters. The van der Waals surface area contributed by atoms with Crippen LogP contribution in [0.5, 0.6) is 0 Å². The van der Waals surface area contributed by atoms with Crippen LogP contribution in [-0.2, 0) is 12.8 Å². The summed E-state index contributed by atoms with van der Waals surface area (Å²) in [5.74, 6) is -0.280. The lowest BCUT2D eigenvalue weighted by molar-refractivity contribution is -0.130. The molecule has 0 saturated heterocycles. The Morgan fingerprint density at radius 3 is 2.38 bits per heavy atom. The summed E-state index contributed by atoms with van der Waals surface area (Å²) in [5.41, 5.74) is 5.15. The van der Waals surface area contributed by atoms with Gasteiger partial charge in [-0.05, 0) is 0 Å². The topological polar surface area (TPSA) is 64.9 Å². The number of nitrogens with two attached hydrogens (primary N) is 1. The van der Waals surface area contributed by atoms with Crippen molar-refractivity contribution in [2.45, 2.75) is 19.0 Å². The summed E-state index contributed by atoms with van der Waals surface area (Å²) >= 11 is 0. The van der Waals surface area contributed by atoms with Gasteiger partial charge in [0.25, 0.3) is 0 Å². The minimum absolute atomic E-state index is 0.141. The minimum atomic E-state index is -4.31. The van der Waals surface area contributed by atoms with Gasteiger partial charge in [0.05, 0.1) is 0 Å². The molecule has 0 saturated carbocycles. The van der Waals surface area contributed by atoms with Gasteiger partial charge in [0.2, 0.25) is 11.8 Å². The third kappa shape index (κ3) is 3.41. The van der Waals surface area contributed by atoms with Crippen molar-refractivity contribution in [3.8, 4) is 0 Å². The Morgan fingerprint density at radius 2 is 1.85 bits per heavy atom. The maximum atomic E-state index is 11.8. The van der Waals surface area contributed by atoms with E-state index in [1.807, 2.05) is 0 Å². The molecule has 0 aliphatic carbocycles. The maximum absolute atomic E-state index is 11.8. The van der Waals surface area contributed by atoms with Crippen LogP contribution in [0.25, 0.3) is 0 Å². The summed E-state index contributed by atoms with van der Waals surface area (Å²) in [6.45, 7) is 0.271. The second kappa shape index (κ2) is 3.73. The fourth-order valence-corrected chi connectivity index (χ4v) is 0.756. The molecule has 0 aliphatic rings. The summed E-state index contributed by atoms with van der Waals surface area (Å²) in [4.78, 5) is 0. The molecule has 74 valence electrons. The number of hydrogen-bond donors (Lipinski definition) is 1. The zero-order chi connectivity index (χ0) is 9.90. The Kier molecular flexibility index (Phi) is 2.86. The number of rotatable bonds is 3. The van der Waals surface area contributed by atoms with Crippen molar-refractivity contribution in [2.75, 3.05) is 6.54 Å². The van der Waals surface area contributed by atoms with E-state index in [4.69, 9.17) is 5.73 Å². The zero-order valence-corrected chi connectivity index (χ0v) is 6.64. The molecule has 0 aliphatic heterocycles. The van der Waals surface area contributed by atoms with Gasteiger partial charge in [-0.3, -0.25) is 0 Å². The van der Waals surface area contributed by atoms with Gasteiger partial charge in [0.15, 0.2) is 0 Å². The maximum Gasteiger partial charge on any atom is 0.397 e. The molecule has 0 aromatic carbocycles. The first kappa shape index (κ1) is 9.97. The van der Waals surface area contributed by atoms with Gasteiger partial charge < -0.3 is 10.2 Å². The van der Waals surface area contributed by atoms with Crippen LogP contribution in [-0.4, -0.2) is 22.9 Å². The Hall–Kier alpha value is -1.11. The fourth-order valence-electron chi connectivity index (χ4n) is 0.756. The average Bonchev–Trinajstić information content (AvgIpc) is 2.33. The SMILES string of the molecule is NCCc1nnc(CC(F)(F)F)o1. The van der Waals surface area contributed by atoms with Crippen molar-refractivity contribution in [2.24, 2.45) is 5.73 Å². The second-order valence-electron chi connectivity index (χ2n) is 2.42. The van der Waals surface area contributed by atoms with Crippen molar-refractivity contribution in [1.29, 1.82) is 0 Å². The molecule has 13 heavy (non-hydrogen) atoms. The number of halogens is 3. The van der Waals surface area contributed by atoms with Crippen LogP contribution in [0.1, 0.15) is 11.8 Å². The van der Waals surface area contributed by atoms with Gasteiger partial charge in [0, 0.05) is 13.0 Å². The lowest BCUT2D eigenvalue weighted by atomic mass is 10.4. The van der Waals surface area contributed by atoms with Crippen LogP contribution in [0.2, 0.25) is 0 Å². The first-order valence-electron chi connectivity index (χ1n) is 3.59. The minimum Gasteiger partial charge on any atom is -0.425 e. The molecule has 1 aromatic heterocycles. The number of nitrogens with zero attached hydrogens (tertiary/aromatic N) is 2. The molecule has 0 amide bonds. The Balaban J connectivity index is 2.59. The summed E-state index contributed by atoms with van der Waals surface area (Å²) in [7, 11) is 0. The van der Waals surface area contributed by atoms with Gasteiger partial charge in [0.1, 0.15) is 6.42 Å².